The van der Waals surface area contributed by atoms with Gasteiger partial charge in [-0.15, -0.1) is 0 Å². The second-order valence-corrected chi connectivity index (χ2v) is 6.14. The predicted octanol–water partition coefficient (Wildman–Crippen LogP) is 1.89. The van der Waals surface area contributed by atoms with Crippen LogP contribution in [-0.2, 0) is 4.79 Å². The molecule has 0 spiro atoms. The van der Waals surface area contributed by atoms with Gasteiger partial charge in [-0.05, 0) is 25.3 Å². The Kier molecular flexibility index (Phi) is 5.76. The van der Waals surface area contributed by atoms with Crippen molar-refractivity contribution in [3.8, 4) is 0 Å². The third kappa shape index (κ3) is 4.83. The van der Waals surface area contributed by atoms with E-state index >= 15 is 0 Å². The van der Waals surface area contributed by atoms with Crippen LogP contribution in [0, 0.1) is 0 Å². The first kappa shape index (κ1) is 16.0. The number of likely N-dealkylation sites (tertiary alicyclic amines) is 1. The molecule has 0 radical (unpaired) electrons. The molecule has 1 heterocycles. The van der Waals surface area contributed by atoms with Gasteiger partial charge in [-0.25, -0.2) is 0 Å². The minimum Gasteiger partial charge on any atom is -0.348 e. The van der Waals surface area contributed by atoms with Crippen molar-refractivity contribution in [2.24, 2.45) is 0 Å². The molecule has 4 nitrogen and oxygen atoms in total. The van der Waals surface area contributed by atoms with Gasteiger partial charge in [0.2, 0.25) is 5.91 Å². The number of piperidine rings is 1. The number of rotatable bonds is 5. The van der Waals surface area contributed by atoms with Crippen LogP contribution in [0.1, 0.15) is 31.4 Å². The SMILES string of the molecule is C[C@@H](NC1CCN(CC(=O)N(C)C)CC1)c1ccccc1. The first-order valence-electron chi connectivity index (χ1n) is 7.79. The number of carbonyl (C=O) groups is 1. The lowest BCUT2D eigenvalue weighted by Crippen LogP contribution is -2.46. The molecule has 0 aromatic heterocycles. The molecular formula is C17H27N3O. The van der Waals surface area contributed by atoms with E-state index in [1.54, 1.807) is 4.90 Å². The number of likely N-dealkylation sites (N-methyl/N-ethyl adjacent to an activating group) is 1. The third-order valence-electron chi connectivity index (χ3n) is 4.23. The highest BCUT2D eigenvalue weighted by Gasteiger charge is 2.22. The lowest BCUT2D eigenvalue weighted by atomic mass is 10.0. The van der Waals surface area contributed by atoms with Gasteiger partial charge in [0, 0.05) is 39.3 Å². The topological polar surface area (TPSA) is 35.6 Å². The summed E-state index contributed by atoms with van der Waals surface area (Å²) in [4.78, 5) is 15.7. The van der Waals surface area contributed by atoms with E-state index in [2.05, 4.69) is 47.5 Å². The molecule has 2 rings (SSSR count). The summed E-state index contributed by atoms with van der Waals surface area (Å²) in [6.07, 6.45) is 2.22. The number of hydrogen-bond acceptors (Lipinski definition) is 3. The normalized spacial score (nSPS) is 18.4. The Hall–Kier alpha value is -1.39. The number of nitrogens with zero attached hydrogens (tertiary/aromatic N) is 2. The Morgan fingerprint density at radius 1 is 1.29 bits per heavy atom. The molecule has 116 valence electrons. The van der Waals surface area contributed by atoms with Gasteiger partial charge in [0.25, 0.3) is 0 Å². The van der Waals surface area contributed by atoms with Gasteiger partial charge in [-0.1, -0.05) is 30.3 Å². The molecule has 1 aromatic rings. The molecular weight excluding hydrogens is 262 g/mol. The Morgan fingerprint density at radius 2 is 1.90 bits per heavy atom. The van der Waals surface area contributed by atoms with Crippen LogP contribution in [0.5, 0.6) is 0 Å². The average Bonchev–Trinajstić information content (AvgIpc) is 2.50. The van der Waals surface area contributed by atoms with Crippen molar-refractivity contribution in [3.05, 3.63) is 35.9 Å². The number of nitrogens with one attached hydrogen (secondary N) is 1. The van der Waals surface area contributed by atoms with E-state index in [1.807, 2.05) is 14.1 Å². The first-order chi connectivity index (χ1) is 10.1. The van der Waals surface area contributed by atoms with E-state index in [9.17, 15) is 4.79 Å². The molecule has 4 heteroatoms. The van der Waals surface area contributed by atoms with Crippen LogP contribution in [0.2, 0.25) is 0 Å². The molecule has 1 aromatic carbocycles. The summed E-state index contributed by atoms with van der Waals surface area (Å²) in [6.45, 7) is 4.77. The van der Waals surface area contributed by atoms with Gasteiger partial charge in [-0.2, -0.15) is 0 Å². The highest BCUT2D eigenvalue weighted by Crippen LogP contribution is 2.17. The zero-order valence-corrected chi connectivity index (χ0v) is 13.4. The van der Waals surface area contributed by atoms with Crippen molar-refractivity contribution in [2.75, 3.05) is 33.7 Å². The minimum absolute atomic E-state index is 0.194. The second kappa shape index (κ2) is 7.57. The van der Waals surface area contributed by atoms with Gasteiger partial charge in [-0.3, -0.25) is 9.69 Å². The number of hydrogen-bond donors (Lipinski definition) is 1. The molecule has 1 saturated heterocycles. The molecule has 0 unspecified atom stereocenters. The van der Waals surface area contributed by atoms with Crippen molar-refractivity contribution in [2.45, 2.75) is 31.8 Å². The quantitative estimate of drug-likeness (QED) is 0.899. The fourth-order valence-electron chi connectivity index (χ4n) is 2.78. The monoisotopic (exact) mass is 289 g/mol. The molecule has 0 aliphatic carbocycles. The van der Waals surface area contributed by atoms with Gasteiger partial charge >= 0.3 is 0 Å². The van der Waals surface area contributed by atoms with Crippen LogP contribution in [0.15, 0.2) is 30.3 Å². The van der Waals surface area contributed by atoms with Crippen LogP contribution >= 0.6 is 0 Å². The van der Waals surface area contributed by atoms with Crippen LogP contribution in [-0.4, -0.2) is 55.5 Å². The zero-order valence-electron chi connectivity index (χ0n) is 13.4. The number of carbonyl (C=O) groups excluding carboxylic acids is 1. The lowest BCUT2D eigenvalue weighted by Gasteiger charge is -2.34. The van der Waals surface area contributed by atoms with Crippen molar-refractivity contribution < 1.29 is 4.79 Å². The second-order valence-electron chi connectivity index (χ2n) is 6.14. The summed E-state index contributed by atoms with van der Waals surface area (Å²) < 4.78 is 0. The number of amides is 1. The van der Waals surface area contributed by atoms with E-state index in [1.165, 1.54) is 5.56 Å². The molecule has 21 heavy (non-hydrogen) atoms. The summed E-state index contributed by atoms with van der Waals surface area (Å²) in [5, 5.41) is 3.71. The Bertz CT molecular complexity index is 439. The van der Waals surface area contributed by atoms with Crippen molar-refractivity contribution in [1.82, 2.24) is 15.1 Å². The fourth-order valence-corrected chi connectivity index (χ4v) is 2.78. The molecule has 1 aliphatic heterocycles. The maximum absolute atomic E-state index is 11.7. The Morgan fingerprint density at radius 3 is 2.48 bits per heavy atom. The fraction of sp³-hybridized carbons (Fsp3) is 0.588. The Labute approximate surface area is 128 Å². The van der Waals surface area contributed by atoms with E-state index in [-0.39, 0.29) is 5.91 Å². The highest BCUT2D eigenvalue weighted by atomic mass is 16.2. The summed E-state index contributed by atoms with van der Waals surface area (Å²) in [7, 11) is 3.64. The largest absolute Gasteiger partial charge is 0.348 e. The van der Waals surface area contributed by atoms with Crippen LogP contribution in [0.3, 0.4) is 0 Å². The molecule has 1 fully saturated rings. The molecule has 1 aliphatic rings. The summed E-state index contributed by atoms with van der Waals surface area (Å²) in [5.74, 6) is 0.194. The van der Waals surface area contributed by atoms with E-state index < -0.39 is 0 Å². The van der Waals surface area contributed by atoms with Gasteiger partial charge in [0.1, 0.15) is 0 Å². The number of benzene rings is 1. The van der Waals surface area contributed by atoms with Crippen LogP contribution in [0.25, 0.3) is 0 Å². The van der Waals surface area contributed by atoms with Gasteiger partial charge < -0.3 is 10.2 Å². The molecule has 1 amide bonds. The standard InChI is InChI=1S/C17H27N3O/c1-14(15-7-5-4-6-8-15)18-16-9-11-20(12-10-16)13-17(21)19(2)3/h4-8,14,16,18H,9-13H2,1-3H3/t14-/m1/s1. The Balaban J connectivity index is 1.75. The summed E-state index contributed by atoms with van der Waals surface area (Å²) >= 11 is 0. The summed E-state index contributed by atoms with van der Waals surface area (Å²) in [5.41, 5.74) is 1.34. The van der Waals surface area contributed by atoms with Crippen LogP contribution < -0.4 is 5.32 Å². The van der Waals surface area contributed by atoms with Crippen LogP contribution in [0.4, 0.5) is 0 Å². The minimum atomic E-state index is 0.194. The molecule has 1 N–H and O–H groups in total. The first-order valence-corrected chi connectivity index (χ1v) is 7.79. The van der Waals surface area contributed by atoms with Crippen molar-refractivity contribution in [3.63, 3.8) is 0 Å². The third-order valence-corrected chi connectivity index (χ3v) is 4.23. The molecule has 0 bridgehead atoms. The van der Waals surface area contributed by atoms with Crippen molar-refractivity contribution in [1.29, 1.82) is 0 Å². The van der Waals surface area contributed by atoms with Gasteiger partial charge in [0.15, 0.2) is 0 Å². The predicted molar refractivity (Wildman–Crippen MR) is 86.1 cm³/mol. The molecule has 1 atom stereocenters. The maximum Gasteiger partial charge on any atom is 0.236 e. The summed E-state index contributed by atoms with van der Waals surface area (Å²) in [6, 6.07) is 11.5. The lowest BCUT2D eigenvalue weighted by molar-refractivity contribution is -0.130. The van der Waals surface area contributed by atoms with Crippen molar-refractivity contribution >= 4 is 5.91 Å². The van der Waals surface area contributed by atoms with Gasteiger partial charge in [0.05, 0.1) is 6.54 Å². The van der Waals surface area contributed by atoms with E-state index in [4.69, 9.17) is 0 Å². The average molecular weight is 289 g/mol. The molecule has 0 saturated carbocycles. The van der Waals surface area contributed by atoms with E-state index in [0.717, 1.165) is 25.9 Å². The zero-order chi connectivity index (χ0) is 15.2. The highest BCUT2D eigenvalue weighted by molar-refractivity contribution is 5.77. The smallest absolute Gasteiger partial charge is 0.236 e. The maximum atomic E-state index is 11.7. The van der Waals surface area contributed by atoms with E-state index in [0.29, 0.717) is 18.6 Å².